The van der Waals surface area contributed by atoms with E-state index in [1.165, 1.54) is 0 Å². The molecule has 1 aliphatic heterocycles. The van der Waals surface area contributed by atoms with E-state index in [9.17, 15) is 8.42 Å². The van der Waals surface area contributed by atoms with E-state index in [2.05, 4.69) is 30.9 Å². The monoisotopic (exact) mass is 403 g/mol. The number of sulfonamides is 1. The summed E-state index contributed by atoms with van der Waals surface area (Å²) in [6, 6.07) is 7.32. The lowest BCUT2D eigenvalue weighted by atomic mass is 9.87. The van der Waals surface area contributed by atoms with Gasteiger partial charge < -0.3 is 4.52 Å². The van der Waals surface area contributed by atoms with Gasteiger partial charge in [-0.2, -0.15) is 9.29 Å². The molecule has 4 rings (SSSR count). The normalized spacial score (nSPS) is 21.8. The second-order valence-electron chi connectivity index (χ2n) is 9.17. The van der Waals surface area contributed by atoms with Crippen molar-refractivity contribution in [1.29, 1.82) is 0 Å². The fraction of sp³-hybridized carbons (Fsp3) is 0.619. The maximum atomic E-state index is 13.1. The van der Waals surface area contributed by atoms with Crippen LogP contribution in [-0.2, 0) is 21.9 Å². The number of benzene rings is 1. The maximum absolute atomic E-state index is 13.1. The SMILES string of the molecule is CC(C)(C)c1ccc(S(=O)(=O)N2CCCC(Cc3nc(C4CC4)no3)C2)cc1. The first-order valence-corrected chi connectivity index (χ1v) is 11.6. The van der Waals surface area contributed by atoms with E-state index in [1.54, 1.807) is 16.4 Å². The Morgan fingerprint density at radius 2 is 1.86 bits per heavy atom. The first kappa shape index (κ1) is 19.6. The lowest BCUT2D eigenvalue weighted by Gasteiger charge is -2.31. The molecule has 1 atom stereocenters. The van der Waals surface area contributed by atoms with E-state index < -0.39 is 10.0 Å². The Bertz CT molecular complexity index is 925. The second kappa shape index (κ2) is 7.26. The zero-order valence-electron chi connectivity index (χ0n) is 16.9. The van der Waals surface area contributed by atoms with Gasteiger partial charge in [0.15, 0.2) is 5.82 Å². The van der Waals surface area contributed by atoms with Gasteiger partial charge in [0.05, 0.1) is 4.90 Å². The third-order valence-electron chi connectivity index (χ3n) is 5.73. The van der Waals surface area contributed by atoms with Crippen molar-refractivity contribution in [2.45, 2.75) is 69.1 Å². The van der Waals surface area contributed by atoms with E-state index in [-0.39, 0.29) is 11.3 Å². The summed E-state index contributed by atoms with van der Waals surface area (Å²) < 4.78 is 33.3. The summed E-state index contributed by atoms with van der Waals surface area (Å²) in [7, 11) is -3.48. The molecule has 6 nitrogen and oxygen atoms in total. The van der Waals surface area contributed by atoms with Crippen LogP contribution in [0.2, 0.25) is 0 Å². The minimum absolute atomic E-state index is 0.00189. The molecule has 0 N–H and O–H groups in total. The van der Waals surface area contributed by atoms with Gasteiger partial charge in [-0.05, 0) is 54.7 Å². The molecule has 2 aromatic rings. The number of hydrogen-bond donors (Lipinski definition) is 0. The number of aromatic nitrogens is 2. The highest BCUT2D eigenvalue weighted by Gasteiger charge is 2.33. The summed E-state index contributed by atoms with van der Waals surface area (Å²) in [5.74, 6) is 2.14. The minimum atomic E-state index is -3.48. The molecule has 1 unspecified atom stereocenters. The smallest absolute Gasteiger partial charge is 0.243 e. The van der Waals surface area contributed by atoms with Crippen LogP contribution in [0.5, 0.6) is 0 Å². The van der Waals surface area contributed by atoms with Gasteiger partial charge in [-0.15, -0.1) is 0 Å². The Labute approximate surface area is 167 Å². The van der Waals surface area contributed by atoms with Crippen molar-refractivity contribution >= 4 is 10.0 Å². The Kier molecular flexibility index (Phi) is 5.08. The Hall–Kier alpha value is -1.73. The highest BCUT2D eigenvalue weighted by atomic mass is 32.2. The van der Waals surface area contributed by atoms with Gasteiger partial charge in [-0.3, -0.25) is 0 Å². The summed E-state index contributed by atoms with van der Waals surface area (Å²) >= 11 is 0. The van der Waals surface area contributed by atoms with Crippen LogP contribution >= 0.6 is 0 Å². The van der Waals surface area contributed by atoms with E-state index in [4.69, 9.17) is 4.52 Å². The maximum Gasteiger partial charge on any atom is 0.243 e. The fourth-order valence-corrected chi connectivity index (χ4v) is 5.35. The molecular weight excluding hydrogens is 374 g/mol. The standard InChI is InChI=1S/C21H29N3O3S/c1-21(2,3)17-8-10-18(11-9-17)28(25,26)24-12-4-5-15(14-24)13-19-22-20(23-27-19)16-6-7-16/h8-11,15-16H,4-7,12-14H2,1-3H3. The number of nitrogens with zero attached hydrogens (tertiary/aromatic N) is 3. The van der Waals surface area contributed by atoms with Crippen LogP contribution in [0, 0.1) is 5.92 Å². The Morgan fingerprint density at radius 1 is 1.14 bits per heavy atom. The molecule has 2 fully saturated rings. The van der Waals surface area contributed by atoms with Crippen LogP contribution in [0.25, 0.3) is 0 Å². The molecule has 0 bridgehead atoms. The van der Waals surface area contributed by atoms with Gasteiger partial charge in [0, 0.05) is 25.4 Å². The van der Waals surface area contributed by atoms with Crippen LogP contribution in [0.15, 0.2) is 33.7 Å². The molecular formula is C21H29N3O3S. The molecule has 1 saturated heterocycles. The molecule has 0 radical (unpaired) electrons. The zero-order chi connectivity index (χ0) is 19.9. The van der Waals surface area contributed by atoms with Crippen LogP contribution in [0.4, 0.5) is 0 Å². The van der Waals surface area contributed by atoms with Gasteiger partial charge in [-0.1, -0.05) is 38.1 Å². The lowest BCUT2D eigenvalue weighted by molar-refractivity contribution is 0.247. The number of piperidine rings is 1. The fourth-order valence-electron chi connectivity index (χ4n) is 3.79. The van der Waals surface area contributed by atoms with Gasteiger partial charge >= 0.3 is 0 Å². The van der Waals surface area contributed by atoms with Crippen molar-refractivity contribution in [3.63, 3.8) is 0 Å². The summed E-state index contributed by atoms with van der Waals surface area (Å²) in [4.78, 5) is 4.87. The van der Waals surface area contributed by atoms with Crippen molar-refractivity contribution in [3.05, 3.63) is 41.5 Å². The summed E-state index contributed by atoms with van der Waals surface area (Å²) in [6.07, 6.45) is 4.77. The first-order chi connectivity index (χ1) is 13.2. The van der Waals surface area contributed by atoms with Crippen molar-refractivity contribution < 1.29 is 12.9 Å². The highest BCUT2D eigenvalue weighted by Crippen LogP contribution is 2.38. The van der Waals surface area contributed by atoms with Crippen LogP contribution in [-0.4, -0.2) is 36.0 Å². The third kappa shape index (κ3) is 4.15. The van der Waals surface area contributed by atoms with Crippen molar-refractivity contribution in [1.82, 2.24) is 14.4 Å². The van der Waals surface area contributed by atoms with E-state index >= 15 is 0 Å². The molecule has 0 spiro atoms. The van der Waals surface area contributed by atoms with Crippen molar-refractivity contribution in [3.8, 4) is 0 Å². The molecule has 1 aromatic carbocycles. The average molecular weight is 404 g/mol. The van der Waals surface area contributed by atoms with Crippen LogP contribution in [0.3, 0.4) is 0 Å². The summed E-state index contributed by atoms with van der Waals surface area (Å²) in [6.45, 7) is 7.44. The average Bonchev–Trinajstić information content (AvgIpc) is 3.41. The predicted octanol–water partition coefficient (Wildman–Crippen LogP) is 3.89. The van der Waals surface area contributed by atoms with E-state index in [0.717, 1.165) is 37.1 Å². The molecule has 2 aliphatic rings. The topological polar surface area (TPSA) is 76.3 Å². The third-order valence-corrected chi connectivity index (χ3v) is 7.61. The van der Waals surface area contributed by atoms with Gasteiger partial charge in [-0.25, -0.2) is 8.42 Å². The minimum Gasteiger partial charge on any atom is -0.339 e. The summed E-state index contributed by atoms with van der Waals surface area (Å²) in [5.41, 5.74) is 1.13. The molecule has 0 amide bonds. The summed E-state index contributed by atoms with van der Waals surface area (Å²) in [5, 5.41) is 4.07. The van der Waals surface area contributed by atoms with Crippen molar-refractivity contribution in [2.75, 3.05) is 13.1 Å². The molecule has 1 saturated carbocycles. The van der Waals surface area contributed by atoms with Crippen LogP contribution in [0.1, 0.15) is 69.7 Å². The molecule has 152 valence electrons. The molecule has 28 heavy (non-hydrogen) atoms. The quantitative estimate of drug-likeness (QED) is 0.757. The second-order valence-corrected chi connectivity index (χ2v) is 11.1. The predicted molar refractivity (Wildman–Crippen MR) is 107 cm³/mol. The highest BCUT2D eigenvalue weighted by molar-refractivity contribution is 7.89. The Balaban J connectivity index is 1.45. The molecule has 1 aliphatic carbocycles. The van der Waals surface area contributed by atoms with Crippen molar-refractivity contribution in [2.24, 2.45) is 5.92 Å². The number of hydrogen-bond acceptors (Lipinski definition) is 5. The van der Waals surface area contributed by atoms with Gasteiger partial charge in [0.25, 0.3) is 0 Å². The van der Waals surface area contributed by atoms with E-state index in [0.29, 0.717) is 36.2 Å². The van der Waals surface area contributed by atoms with Gasteiger partial charge in [0.1, 0.15) is 0 Å². The Morgan fingerprint density at radius 3 is 2.50 bits per heavy atom. The first-order valence-electron chi connectivity index (χ1n) is 10.2. The molecule has 7 heteroatoms. The largest absolute Gasteiger partial charge is 0.339 e. The molecule has 1 aromatic heterocycles. The molecule has 2 heterocycles. The number of rotatable bonds is 5. The van der Waals surface area contributed by atoms with E-state index in [1.807, 2.05) is 12.1 Å². The lowest BCUT2D eigenvalue weighted by Crippen LogP contribution is -2.40. The van der Waals surface area contributed by atoms with Gasteiger partial charge in [0.2, 0.25) is 15.9 Å². The van der Waals surface area contributed by atoms with Crippen LogP contribution < -0.4 is 0 Å². The zero-order valence-corrected chi connectivity index (χ0v) is 17.7.